The molecule has 130 valence electrons. The molecule has 0 spiro atoms. The van der Waals surface area contributed by atoms with Crippen molar-refractivity contribution in [3.05, 3.63) is 30.0 Å². The Morgan fingerprint density at radius 1 is 1.29 bits per heavy atom. The average Bonchev–Trinajstić information content (AvgIpc) is 3.08. The lowest BCUT2D eigenvalue weighted by atomic mass is 9.86. The minimum atomic E-state index is 0.0302. The van der Waals surface area contributed by atoms with Crippen LogP contribution in [0.15, 0.2) is 24.4 Å². The van der Waals surface area contributed by atoms with Gasteiger partial charge in [0.15, 0.2) is 0 Å². The van der Waals surface area contributed by atoms with Crippen molar-refractivity contribution < 1.29 is 4.79 Å². The predicted octanol–water partition coefficient (Wildman–Crippen LogP) is 3.24. The minimum Gasteiger partial charge on any atom is -0.349 e. The Hall–Kier alpha value is -1.88. The van der Waals surface area contributed by atoms with Gasteiger partial charge in [-0.2, -0.15) is 5.10 Å². The lowest BCUT2D eigenvalue weighted by Crippen LogP contribution is -2.39. The standard InChI is InChI=1S/C19H28N4O/c1-2-3-10-20-12-14-4-7-17(8-5-14)22-19(24)15-6-9-18-16(11-15)13-21-23-18/h6,9,11,13-14,17,20H,2-5,7-8,10,12H2,1H3,(H,21,23)(H,22,24)/t14-,17-. The maximum atomic E-state index is 12.4. The molecule has 3 N–H and O–H groups in total. The number of aromatic amines is 1. The zero-order chi connectivity index (χ0) is 16.8. The van der Waals surface area contributed by atoms with Crippen molar-refractivity contribution in [2.75, 3.05) is 13.1 Å². The zero-order valence-corrected chi connectivity index (χ0v) is 14.5. The van der Waals surface area contributed by atoms with E-state index in [1.54, 1.807) is 6.20 Å². The highest BCUT2D eigenvalue weighted by Gasteiger charge is 2.22. The molecule has 1 aliphatic carbocycles. The van der Waals surface area contributed by atoms with Crippen LogP contribution in [0, 0.1) is 5.92 Å². The molecule has 1 aromatic heterocycles. The predicted molar refractivity (Wildman–Crippen MR) is 97.1 cm³/mol. The number of nitrogens with one attached hydrogen (secondary N) is 3. The number of hydrogen-bond donors (Lipinski definition) is 3. The fourth-order valence-corrected chi connectivity index (χ4v) is 3.47. The number of nitrogens with zero attached hydrogens (tertiary/aromatic N) is 1. The van der Waals surface area contributed by atoms with Crippen molar-refractivity contribution in [1.29, 1.82) is 0 Å². The third-order valence-electron chi connectivity index (χ3n) is 5.02. The first kappa shape index (κ1) is 17.0. The highest BCUT2D eigenvalue weighted by Crippen LogP contribution is 2.24. The summed E-state index contributed by atoms with van der Waals surface area (Å²) < 4.78 is 0. The molecule has 0 atom stereocenters. The second-order valence-electron chi connectivity index (χ2n) is 6.92. The molecule has 1 aromatic carbocycles. The molecule has 1 fully saturated rings. The number of benzene rings is 1. The van der Waals surface area contributed by atoms with Gasteiger partial charge in [0, 0.05) is 17.0 Å². The molecule has 5 heteroatoms. The minimum absolute atomic E-state index is 0.0302. The number of fused-ring (bicyclic) bond motifs is 1. The highest BCUT2D eigenvalue weighted by atomic mass is 16.1. The van der Waals surface area contributed by atoms with E-state index in [4.69, 9.17) is 0 Å². The van der Waals surface area contributed by atoms with Gasteiger partial charge < -0.3 is 10.6 Å². The van der Waals surface area contributed by atoms with Crippen LogP contribution in [0.5, 0.6) is 0 Å². The van der Waals surface area contributed by atoms with Gasteiger partial charge in [-0.15, -0.1) is 0 Å². The lowest BCUT2D eigenvalue weighted by molar-refractivity contribution is 0.0922. The van der Waals surface area contributed by atoms with E-state index in [0.717, 1.165) is 42.8 Å². The van der Waals surface area contributed by atoms with E-state index >= 15 is 0 Å². The molecule has 0 aliphatic heterocycles. The Morgan fingerprint density at radius 2 is 2.12 bits per heavy atom. The van der Waals surface area contributed by atoms with Crippen LogP contribution in [-0.4, -0.2) is 35.2 Å². The molecule has 3 rings (SSSR count). The zero-order valence-electron chi connectivity index (χ0n) is 14.5. The summed E-state index contributed by atoms with van der Waals surface area (Å²) in [5, 5.41) is 14.6. The smallest absolute Gasteiger partial charge is 0.251 e. The fraction of sp³-hybridized carbons (Fsp3) is 0.579. The average molecular weight is 328 g/mol. The molecule has 1 saturated carbocycles. The van der Waals surface area contributed by atoms with Gasteiger partial charge in [-0.1, -0.05) is 13.3 Å². The Bertz CT molecular complexity index is 658. The van der Waals surface area contributed by atoms with Gasteiger partial charge >= 0.3 is 0 Å². The number of amides is 1. The maximum absolute atomic E-state index is 12.4. The van der Waals surface area contributed by atoms with Gasteiger partial charge in [-0.3, -0.25) is 9.89 Å². The van der Waals surface area contributed by atoms with Crippen LogP contribution in [0.1, 0.15) is 55.8 Å². The summed E-state index contributed by atoms with van der Waals surface area (Å²) >= 11 is 0. The first-order valence-electron chi connectivity index (χ1n) is 9.21. The summed E-state index contributed by atoms with van der Waals surface area (Å²) in [5.74, 6) is 0.792. The van der Waals surface area contributed by atoms with E-state index in [2.05, 4.69) is 27.8 Å². The van der Waals surface area contributed by atoms with Crippen molar-refractivity contribution in [1.82, 2.24) is 20.8 Å². The lowest BCUT2D eigenvalue weighted by Gasteiger charge is -2.29. The molecule has 2 aromatic rings. The number of unbranched alkanes of at least 4 members (excludes halogenated alkanes) is 1. The van der Waals surface area contributed by atoms with Crippen LogP contribution in [0.25, 0.3) is 10.9 Å². The molecule has 1 amide bonds. The quantitative estimate of drug-likeness (QED) is 0.683. The van der Waals surface area contributed by atoms with E-state index < -0.39 is 0 Å². The van der Waals surface area contributed by atoms with E-state index in [-0.39, 0.29) is 5.91 Å². The number of hydrogen-bond acceptors (Lipinski definition) is 3. The van der Waals surface area contributed by atoms with Crippen molar-refractivity contribution in [2.45, 2.75) is 51.5 Å². The molecule has 0 radical (unpaired) electrons. The van der Waals surface area contributed by atoms with Gasteiger partial charge in [0.2, 0.25) is 0 Å². The second kappa shape index (κ2) is 8.29. The molecule has 0 saturated heterocycles. The van der Waals surface area contributed by atoms with Gasteiger partial charge in [-0.05, 0) is 69.3 Å². The molecule has 1 heterocycles. The van der Waals surface area contributed by atoms with Gasteiger partial charge in [0.05, 0.1) is 11.7 Å². The van der Waals surface area contributed by atoms with E-state index in [1.165, 1.54) is 25.7 Å². The van der Waals surface area contributed by atoms with Crippen LogP contribution in [0.4, 0.5) is 0 Å². The van der Waals surface area contributed by atoms with E-state index in [1.807, 2.05) is 18.2 Å². The van der Waals surface area contributed by atoms with Crippen molar-refractivity contribution in [3.8, 4) is 0 Å². The molecule has 24 heavy (non-hydrogen) atoms. The van der Waals surface area contributed by atoms with Crippen molar-refractivity contribution in [3.63, 3.8) is 0 Å². The molecular formula is C19H28N4O. The molecule has 1 aliphatic rings. The summed E-state index contributed by atoms with van der Waals surface area (Å²) in [6, 6.07) is 5.98. The Balaban J connectivity index is 1.44. The highest BCUT2D eigenvalue weighted by molar-refractivity contribution is 5.97. The summed E-state index contributed by atoms with van der Waals surface area (Å²) in [5.41, 5.74) is 1.68. The summed E-state index contributed by atoms with van der Waals surface area (Å²) in [6.45, 7) is 4.47. The van der Waals surface area contributed by atoms with Crippen molar-refractivity contribution in [2.24, 2.45) is 5.92 Å². The Kier molecular flexibility index (Phi) is 5.86. The molecular weight excluding hydrogens is 300 g/mol. The van der Waals surface area contributed by atoms with Gasteiger partial charge in [0.1, 0.15) is 0 Å². The number of H-pyrrole nitrogens is 1. The summed E-state index contributed by atoms with van der Waals surface area (Å²) in [6.07, 6.45) is 8.82. The number of rotatable bonds is 7. The molecule has 5 nitrogen and oxygen atoms in total. The SMILES string of the molecule is CCCCNC[C@H]1CC[C@H](NC(=O)c2ccc3[nH]ncc3c2)CC1. The van der Waals surface area contributed by atoms with Gasteiger partial charge in [-0.25, -0.2) is 0 Å². The monoisotopic (exact) mass is 328 g/mol. The van der Waals surface area contributed by atoms with Crippen LogP contribution >= 0.6 is 0 Å². The number of carbonyl (C=O) groups excluding carboxylic acids is 1. The Labute approximate surface area is 143 Å². The van der Waals surface area contributed by atoms with Crippen LogP contribution < -0.4 is 10.6 Å². The normalized spacial score (nSPS) is 21.0. The number of carbonyl (C=O) groups is 1. The fourth-order valence-electron chi connectivity index (χ4n) is 3.47. The van der Waals surface area contributed by atoms with E-state index in [9.17, 15) is 4.79 Å². The number of aromatic nitrogens is 2. The molecule has 0 unspecified atom stereocenters. The topological polar surface area (TPSA) is 69.8 Å². The second-order valence-corrected chi connectivity index (χ2v) is 6.92. The van der Waals surface area contributed by atoms with Crippen LogP contribution in [0.3, 0.4) is 0 Å². The largest absolute Gasteiger partial charge is 0.349 e. The Morgan fingerprint density at radius 3 is 2.92 bits per heavy atom. The first-order valence-corrected chi connectivity index (χ1v) is 9.21. The maximum Gasteiger partial charge on any atom is 0.251 e. The molecule has 0 bridgehead atoms. The summed E-state index contributed by atoms with van der Waals surface area (Å²) in [4.78, 5) is 12.4. The summed E-state index contributed by atoms with van der Waals surface area (Å²) in [7, 11) is 0. The third kappa shape index (κ3) is 4.35. The van der Waals surface area contributed by atoms with Crippen LogP contribution in [-0.2, 0) is 0 Å². The van der Waals surface area contributed by atoms with Gasteiger partial charge in [0.25, 0.3) is 5.91 Å². The van der Waals surface area contributed by atoms with Crippen LogP contribution in [0.2, 0.25) is 0 Å². The van der Waals surface area contributed by atoms with E-state index in [0.29, 0.717) is 11.6 Å². The van der Waals surface area contributed by atoms with Crippen molar-refractivity contribution >= 4 is 16.8 Å². The third-order valence-corrected chi connectivity index (χ3v) is 5.02. The first-order chi connectivity index (χ1) is 11.8.